The second-order valence-electron chi connectivity index (χ2n) is 7.62. The van der Waals surface area contributed by atoms with E-state index < -0.39 is 11.9 Å². The Morgan fingerprint density at radius 2 is 1.09 bits per heavy atom. The fraction of sp³-hybridized carbons (Fsp3) is 0.500. The van der Waals surface area contributed by atoms with Crippen LogP contribution in [0.4, 0.5) is 10.0 Å². The Labute approximate surface area is 218 Å². The zero-order chi connectivity index (χ0) is 26.1. The third kappa shape index (κ3) is 7.81. The Morgan fingerprint density at radius 3 is 1.43 bits per heavy atom. The van der Waals surface area contributed by atoms with Crippen molar-refractivity contribution >= 4 is 68.2 Å². The van der Waals surface area contributed by atoms with Crippen LogP contribution < -0.4 is 10.6 Å². The van der Waals surface area contributed by atoms with Gasteiger partial charge in [-0.2, -0.15) is 11.8 Å². The van der Waals surface area contributed by atoms with Crippen molar-refractivity contribution in [1.29, 1.82) is 0 Å². The van der Waals surface area contributed by atoms with Gasteiger partial charge in [-0.05, 0) is 52.7 Å². The van der Waals surface area contributed by atoms with Gasteiger partial charge in [-0.25, -0.2) is 9.59 Å². The molecule has 0 aliphatic carbocycles. The number of ether oxygens (including phenoxy) is 2. The molecule has 0 atom stereocenters. The second kappa shape index (κ2) is 13.6. The third-order valence-corrected chi connectivity index (χ3v) is 8.41. The number of thioether (sulfide) groups is 1. The zero-order valence-corrected chi connectivity index (χ0v) is 23.4. The van der Waals surface area contributed by atoms with Crippen LogP contribution in [0.1, 0.15) is 68.3 Å². The molecule has 2 heterocycles. The van der Waals surface area contributed by atoms with Crippen molar-refractivity contribution in [1.82, 2.24) is 0 Å². The number of carbonyl (C=O) groups excluding carboxylic acids is 4. The fourth-order valence-corrected chi connectivity index (χ4v) is 6.13. The predicted octanol–water partition coefficient (Wildman–Crippen LogP) is 5.49. The summed E-state index contributed by atoms with van der Waals surface area (Å²) in [5.41, 5.74) is 2.44. The van der Waals surface area contributed by atoms with Gasteiger partial charge < -0.3 is 20.1 Å². The molecule has 0 spiro atoms. The van der Waals surface area contributed by atoms with E-state index in [-0.39, 0.29) is 37.9 Å². The average molecular weight is 541 g/mol. The Hall–Kier alpha value is -2.37. The molecule has 0 fully saturated rings. The van der Waals surface area contributed by atoms with E-state index in [1.165, 1.54) is 34.4 Å². The van der Waals surface area contributed by atoms with Crippen LogP contribution in [0.2, 0.25) is 0 Å². The van der Waals surface area contributed by atoms with E-state index in [4.69, 9.17) is 9.47 Å². The van der Waals surface area contributed by atoms with Crippen LogP contribution in [0.25, 0.3) is 0 Å². The summed E-state index contributed by atoms with van der Waals surface area (Å²) >= 11 is 4.20. The van der Waals surface area contributed by atoms with E-state index in [1.807, 2.05) is 27.7 Å². The molecule has 0 saturated heterocycles. The van der Waals surface area contributed by atoms with E-state index in [9.17, 15) is 19.2 Å². The van der Waals surface area contributed by atoms with Gasteiger partial charge in [0.05, 0.1) is 24.3 Å². The lowest BCUT2D eigenvalue weighted by molar-refractivity contribution is -0.116. The molecule has 0 bridgehead atoms. The van der Waals surface area contributed by atoms with Crippen LogP contribution in [0.3, 0.4) is 0 Å². The first-order chi connectivity index (χ1) is 16.6. The second-order valence-corrected chi connectivity index (χ2v) is 11.3. The summed E-state index contributed by atoms with van der Waals surface area (Å²) in [4.78, 5) is 51.2. The molecule has 0 aromatic carbocycles. The number of aryl methyl sites for hydroxylation is 2. The average Bonchev–Trinajstić information content (AvgIpc) is 3.22. The Kier molecular flexibility index (Phi) is 11.3. The first-order valence-corrected chi connectivity index (χ1v) is 14.1. The van der Waals surface area contributed by atoms with Gasteiger partial charge in [0, 0.05) is 34.1 Å². The van der Waals surface area contributed by atoms with Crippen LogP contribution in [0.15, 0.2) is 0 Å². The maximum Gasteiger partial charge on any atom is 0.341 e. The smallest absolute Gasteiger partial charge is 0.341 e. The number of amides is 2. The summed E-state index contributed by atoms with van der Waals surface area (Å²) in [7, 11) is 0. The Morgan fingerprint density at radius 1 is 0.714 bits per heavy atom. The van der Waals surface area contributed by atoms with E-state index in [1.54, 1.807) is 13.8 Å². The molecule has 2 amide bonds. The molecule has 0 saturated carbocycles. The van der Waals surface area contributed by atoms with Gasteiger partial charge in [0.15, 0.2) is 0 Å². The van der Waals surface area contributed by atoms with Gasteiger partial charge in [-0.1, -0.05) is 0 Å². The minimum absolute atomic E-state index is 0.197. The number of carbonyl (C=O) groups is 4. The van der Waals surface area contributed by atoms with Crippen molar-refractivity contribution in [2.24, 2.45) is 0 Å². The SMILES string of the molecule is CCOC(=O)c1c(NC(=O)CCSCCC(=O)Nc2sc(C)c(C)c2C(=O)OCC)sc(C)c1C. The lowest BCUT2D eigenvalue weighted by Gasteiger charge is -2.08. The lowest BCUT2D eigenvalue weighted by Crippen LogP contribution is -2.16. The largest absolute Gasteiger partial charge is 0.462 e. The highest BCUT2D eigenvalue weighted by Crippen LogP contribution is 2.34. The molecular weight excluding hydrogens is 508 g/mol. The number of hydrogen-bond donors (Lipinski definition) is 2. The first kappa shape index (κ1) is 28.9. The van der Waals surface area contributed by atoms with Gasteiger partial charge in [-0.3, -0.25) is 9.59 Å². The number of esters is 2. The normalized spacial score (nSPS) is 10.7. The number of hydrogen-bond acceptors (Lipinski definition) is 9. The van der Waals surface area contributed by atoms with E-state index in [0.29, 0.717) is 32.6 Å². The van der Waals surface area contributed by atoms with Crippen LogP contribution >= 0.6 is 34.4 Å². The van der Waals surface area contributed by atoms with E-state index in [2.05, 4.69) is 10.6 Å². The minimum atomic E-state index is -0.438. The van der Waals surface area contributed by atoms with Gasteiger partial charge >= 0.3 is 11.9 Å². The molecule has 11 heteroatoms. The Bertz CT molecular complexity index is 1010. The van der Waals surface area contributed by atoms with Crippen LogP contribution in [0.5, 0.6) is 0 Å². The summed E-state index contributed by atoms with van der Waals surface area (Å²) in [5, 5.41) is 6.66. The highest BCUT2D eigenvalue weighted by atomic mass is 32.2. The molecule has 2 aromatic rings. The predicted molar refractivity (Wildman–Crippen MR) is 143 cm³/mol. The quantitative estimate of drug-likeness (QED) is 0.271. The van der Waals surface area contributed by atoms with E-state index in [0.717, 1.165) is 20.9 Å². The van der Waals surface area contributed by atoms with Gasteiger partial charge in [-0.15, -0.1) is 22.7 Å². The Balaban J connectivity index is 1.81. The van der Waals surface area contributed by atoms with Crippen molar-refractivity contribution in [3.8, 4) is 0 Å². The third-order valence-electron chi connectivity index (χ3n) is 5.18. The molecule has 2 rings (SSSR count). The molecular formula is C24H32N2O6S3. The van der Waals surface area contributed by atoms with Gasteiger partial charge in [0.25, 0.3) is 0 Å². The molecule has 0 aliphatic heterocycles. The molecule has 0 unspecified atom stereocenters. The fourth-order valence-electron chi connectivity index (χ4n) is 3.14. The van der Waals surface area contributed by atoms with Crippen molar-refractivity contribution in [3.05, 3.63) is 32.0 Å². The highest BCUT2D eigenvalue weighted by molar-refractivity contribution is 7.99. The number of thiophene rings is 2. The van der Waals surface area contributed by atoms with Crippen LogP contribution in [-0.2, 0) is 19.1 Å². The lowest BCUT2D eigenvalue weighted by atomic mass is 10.1. The summed E-state index contributed by atoms with van der Waals surface area (Å²) < 4.78 is 10.2. The topological polar surface area (TPSA) is 111 Å². The summed E-state index contributed by atoms with van der Waals surface area (Å²) in [6.07, 6.45) is 0.502. The zero-order valence-electron chi connectivity index (χ0n) is 20.9. The molecule has 192 valence electrons. The van der Waals surface area contributed by atoms with Crippen LogP contribution in [0, 0.1) is 27.7 Å². The maximum absolute atomic E-state index is 12.4. The molecule has 2 aromatic heterocycles. The van der Waals surface area contributed by atoms with Gasteiger partial charge in [0.1, 0.15) is 10.0 Å². The molecule has 0 radical (unpaired) electrons. The van der Waals surface area contributed by atoms with Crippen molar-refractivity contribution in [2.45, 2.75) is 54.4 Å². The maximum atomic E-state index is 12.4. The monoisotopic (exact) mass is 540 g/mol. The molecule has 8 nitrogen and oxygen atoms in total. The standard InChI is InChI=1S/C24H32N2O6S3/c1-7-31-23(29)19-13(3)15(5)34-21(19)25-17(27)9-11-33-12-10-18(28)26-22-20(24(30)32-8-2)14(4)16(6)35-22/h7-12H2,1-6H3,(H,25,27)(H,26,28). The molecule has 0 aliphatic rings. The highest BCUT2D eigenvalue weighted by Gasteiger charge is 2.23. The van der Waals surface area contributed by atoms with Gasteiger partial charge in [0.2, 0.25) is 11.8 Å². The minimum Gasteiger partial charge on any atom is -0.462 e. The summed E-state index contributed by atoms with van der Waals surface area (Å²) in [6, 6.07) is 0. The molecule has 35 heavy (non-hydrogen) atoms. The van der Waals surface area contributed by atoms with E-state index >= 15 is 0 Å². The molecule has 2 N–H and O–H groups in total. The summed E-state index contributed by atoms with van der Waals surface area (Å²) in [6.45, 7) is 11.5. The van der Waals surface area contributed by atoms with Crippen molar-refractivity contribution in [2.75, 3.05) is 35.4 Å². The number of anilines is 2. The van der Waals surface area contributed by atoms with Crippen molar-refractivity contribution in [3.63, 3.8) is 0 Å². The van der Waals surface area contributed by atoms with Crippen molar-refractivity contribution < 1.29 is 28.7 Å². The number of nitrogens with one attached hydrogen (secondary N) is 2. The van der Waals surface area contributed by atoms with Crippen LogP contribution in [-0.4, -0.2) is 48.5 Å². The summed E-state index contributed by atoms with van der Waals surface area (Å²) in [5.74, 6) is -0.209. The first-order valence-electron chi connectivity index (χ1n) is 11.3. The number of rotatable bonds is 12.